The van der Waals surface area contributed by atoms with Crippen LogP contribution in [-0.4, -0.2) is 49.8 Å². The number of aromatic nitrogens is 3. The molecular weight excluding hydrogens is 304 g/mol. The van der Waals surface area contributed by atoms with Gasteiger partial charge in [0.25, 0.3) is 0 Å². The molecule has 1 unspecified atom stereocenters. The monoisotopic (exact) mass is 324 g/mol. The highest BCUT2D eigenvalue weighted by Gasteiger charge is 2.34. The molecule has 7 nitrogen and oxygen atoms in total. The van der Waals surface area contributed by atoms with Crippen molar-refractivity contribution in [3.63, 3.8) is 0 Å². The molecule has 0 aliphatic carbocycles. The Kier molecular flexibility index (Phi) is 3.60. The molecule has 2 aromatic rings. The Bertz CT molecular complexity index is 773. The number of ether oxygens (including phenoxy) is 1. The lowest BCUT2D eigenvalue weighted by molar-refractivity contribution is -0.158. The molecule has 1 amide bonds. The molecule has 0 spiro atoms. The summed E-state index contributed by atoms with van der Waals surface area (Å²) in [6.45, 7) is 8.75. The number of aryl methyl sites for hydroxylation is 1. The summed E-state index contributed by atoms with van der Waals surface area (Å²) in [4.78, 5) is 27.2. The molecular formula is C14H20N4O3S. The molecule has 1 aliphatic rings. The fourth-order valence-electron chi connectivity index (χ4n) is 2.93. The van der Waals surface area contributed by atoms with E-state index in [9.17, 15) is 9.59 Å². The first-order valence-electron chi connectivity index (χ1n) is 7.26. The van der Waals surface area contributed by atoms with Crippen molar-refractivity contribution in [2.75, 3.05) is 13.1 Å². The van der Waals surface area contributed by atoms with Crippen molar-refractivity contribution in [2.45, 2.75) is 45.9 Å². The molecule has 0 saturated carbocycles. The number of hydrogen-bond donors (Lipinski definition) is 0. The third-order valence-corrected chi connectivity index (χ3v) is 4.64. The van der Waals surface area contributed by atoms with E-state index < -0.39 is 0 Å². The predicted octanol–water partition coefficient (Wildman–Crippen LogP) is 0.892. The van der Waals surface area contributed by atoms with E-state index in [4.69, 9.17) is 4.74 Å². The van der Waals surface area contributed by atoms with Gasteiger partial charge in [0.15, 0.2) is 0 Å². The van der Waals surface area contributed by atoms with E-state index in [1.807, 2.05) is 33.1 Å². The highest BCUT2D eigenvalue weighted by Crippen LogP contribution is 2.21. The van der Waals surface area contributed by atoms with Gasteiger partial charge in [-0.15, -0.1) is 16.4 Å². The molecule has 2 aromatic heterocycles. The maximum Gasteiger partial charge on any atom is 0.351 e. The Morgan fingerprint density at radius 1 is 1.55 bits per heavy atom. The number of hydrogen-bond acceptors (Lipinski definition) is 5. The Labute approximate surface area is 132 Å². The zero-order chi connectivity index (χ0) is 16.1. The average molecular weight is 324 g/mol. The second kappa shape index (κ2) is 5.20. The van der Waals surface area contributed by atoms with Crippen LogP contribution in [0.25, 0.3) is 4.96 Å². The topological polar surface area (TPSA) is 68.8 Å². The van der Waals surface area contributed by atoms with E-state index in [0.29, 0.717) is 18.1 Å². The summed E-state index contributed by atoms with van der Waals surface area (Å²) in [6, 6.07) is 0. The maximum atomic E-state index is 12.5. The first-order valence-corrected chi connectivity index (χ1v) is 8.14. The Balaban J connectivity index is 1.81. The normalized spacial score (nSPS) is 21.5. The zero-order valence-corrected chi connectivity index (χ0v) is 14.0. The summed E-state index contributed by atoms with van der Waals surface area (Å²) in [6.07, 6.45) is -0.0165. The molecule has 3 rings (SSSR count). The van der Waals surface area contributed by atoms with Gasteiger partial charge in [-0.25, -0.2) is 13.9 Å². The van der Waals surface area contributed by atoms with Crippen molar-refractivity contribution in [1.82, 2.24) is 19.1 Å². The van der Waals surface area contributed by atoms with Crippen LogP contribution in [0.1, 0.15) is 26.5 Å². The highest BCUT2D eigenvalue weighted by molar-refractivity contribution is 7.15. The molecule has 120 valence electrons. The minimum Gasteiger partial charge on any atom is -0.369 e. The van der Waals surface area contributed by atoms with Crippen LogP contribution in [0, 0.1) is 6.92 Å². The van der Waals surface area contributed by atoms with Crippen LogP contribution in [-0.2, 0) is 16.1 Å². The van der Waals surface area contributed by atoms with E-state index in [-0.39, 0.29) is 29.8 Å². The largest absolute Gasteiger partial charge is 0.369 e. The highest BCUT2D eigenvalue weighted by atomic mass is 32.1. The van der Waals surface area contributed by atoms with Gasteiger partial charge in [0.2, 0.25) is 10.9 Å². The first-order chi connectivity index (χ1) is 10.3. The lowest BCUT2D eigenvalue weighted by atomic mass is 10.1. The molecule has 0 bridgehead atoms. The van der Waals surface area contributed by atoms with Gasteiger partial charge in [-0.05, 0) is 27.7 Å². The zero-order valence-electron chi connectivity index (χ0n) is 13.2. The van der Waals surface area contributed by atoms with Crippen molar-refractivity contribution < 1.29 is 9.53 Å². The van der Waals surface area contributed by atoms with Crippen molar-refractivity contribution in [3.05, 3.63) is 21.6 Å². The third kappa shape index (κ3) is 2.68. The second-order valence-corrected chi connectivity index (χ2v) is 7.23. The molecule has 1 atom stereocenters. The van der Waals surface area contributed by atoms with Crippen LogP contribution >= 0.6 is 11.3 Å². The lowest BCUT2D eigenvalue weighted by Crippen LogP contribution is -2.54. The summed E-state index contributed by atoms with van der Waals surface area (Å²) in [5, 5.41) is 6.11. The Morgan fingerprint density at radius 2 is 2.27 bits per heavy atom. The molecule has 0 N–H and O–H groups in total. The van der Waals surface area contributed by atoms with Crippen LogP contribution in [0.2, 0.25) is 0 Å². The van der Waals surface area contributed by atoms with Crippen molar-refractivity contribution in [1.29, 1.82) is 0 Å². The van der Waals surface area contributed by atoms with Crippen LogP contribution in [0.5, 0.6) is 0 Å². The van der Waals surface area contributed by atoms with E-state index >= 15 is 0 Å². The van der Waals surface area contributed by atoms with E-state index in [1.165, 1.54) is 20.4 Å². The van der Waals surface area contributed by atoms with Gasteiger partial charge in [0, 0.05) is 24.2 Å². The van der Waals surface area contributed by atoms with Crippen molar-refractivity contribution in [2.24, 2.45) is 0 Å². The van der Waals surface area contributed by atoms with E-state index in [1.54, 1.807) is 4.90 Å². The van der Waals surface area contributed by atoms with Gasteiger partial charge in [0.05, 0.1) is 11.7 Å². The van der Waals surface area contributed by atoms with Crippen LogP contribution in [0.15, 0.2) is 10.2 Å². The Morgan fingerprint density at radius 3 is 2.91 bits per heavy atom. The van der Waals surface area contributed by atoms with Gasteiger partial charge < -0.3 is 9.64 Å². The van der Waals surface area contributed by atoms with Gasteiger partial charge in [-0.1, -0.05) is 0 Å². The van der Waals surface area contributed by atoms with Crippen LogP contribution < -0.4 is 5.69 Å². The number of carbonyl (C=O) groups excluding carboxylic acids is 1. The standard InChI is InChI=1S/C14H20N4O3S/c1-9-7-22-12-15-17(13(20)18(9)12)6-11(19)16-5-10(2)21-14(3,4)8-16/h7,10H,5-6,8H2,1-4H3. The number of thiazole rings is 1. The second-order valence-electron chi connectivity index (χ2n) is 6.40. The van der Waals surface area contributed by atoms with E-state index in [0.717, 1.165) is 5.69 Å². The number of nitrogens with zero attached hydrogens (tertiary/aromatic N) is 4. The predicted molar refractivity (Wildman–Crippen MR) is 83.3 cm³/mol. The summed E-state index contributed by atoms with van der Waals surface area (Å²) in [5.41, 5.74) is 0.205. The third-order valence-electron chi connectivity index (χ3n) is 3.70. The van der Waals surface area contributed by atoms with Gasteiger partial charge in [-0.2, -0.15) is 0 Å². The van der Waals surface area contributed by atoms with Crippen molar-refractivity contribution >= 4 is 22.2 Å². The summed E-state index contributed by atoms with van der Waals surface area (Å²) >= 11 is 1.40. The average Bonchev–Trinajstić information content (AvgIpc) is 2.89. The quantitative estimate of drug-likeness (QED) is 0.823. The lowest BCUT2D eigenvalue weighted by Gasteiger charge is -2.41. The fourth-order valence-corrected chi connectivity index (χ4v) is 3.79. The minimum atomic E-state index is -0.372. The van der Waals surface area contributed by atoms with Gasteiger partial charge >= 0.3 is 5.69 Å². The smallest absolute Gasteiger partial charge is 0.351 e. The number of rotatable bonds is 2. The minimum absolute atomic E-state index is 0.0165. The van der Waals surface area contributed by atoms with Crippen LogP contribution in [0.3, 0.4) is 0 Å². The fraction of sp³-hybridized carbons (Fsp3) is 0.643. The molecule has 0 aromatic carbocycles. The van der Waals surface area contributed by atoms with Gasteiger partial charge in [0.1, 0.15) is 6.54 Å². The summed E-state index contributed by atoms with van der Waals surface area (Å²) in [7, 11) is 0. The number of morpholine rings is 1. The number of amides is 1. The summed E-state index contributed by atoms with van der Waals surface area (Å²) in [5.74, 6) is -0.103. The molecule has 8 heteroatoms. The molecule has 0 radical (unpaired) electrons. The van der Waals surface area contributed by atoms with Crippen LogP contribution in [0.4, 0.5) is 0 Å². The first kappa shape index (κ1) is 15.2. The molecule has 1 saturated heterocycles. The molecule has 1 aliphatic heterocycles. The maximum absolute atomic E-state index is 12.5. The summed E-state index contributed by atoms with van der Waals surface area (Å²) < 4.78 is 8.57. The molecule has 22 heavy (non-hydrogen) atoms. The van der Waals surface area contributed by atoms with E-state index in [2.05, 4.69) is 5.10 Å². The van der Waals surface area contributed by atoms with Gasteiger partial charge in [-0.3, -0.25) is 4.79 Å². The van der Waals surface area contributed by atoms with Crippen molar-refractivity contribution in [3.8, 4) is 0 Å². The Hall–Kier alpha value is -1.67. The number of fused-ring (bicyclic) bond motifs is 1. The molecule has 3 heterocycles. The molecule has 1 fully saturated rings. The SMILES string of the molecule is Cc1csc2nn(CC(=O)N3CC(C)OC(C)(C)C3)c(=O)n12. The number of carbonyl (C=O) groups is 1.